The molecule has 2 heterocycles. The van der Waals surface area contributed by atoms with Crippen molar-refractivity contribution in [2.75, 3.05) is 45.8 Å². The van der Waals surface area contributed by atoms with Crippen LogP contribution in [0.3, 0.4) is 0 Å². The van der Waals surface area contributed by atoms with Crippen LogP contribution in [0.1, 0.15) is 39.0 Å². The molecule has 1 amide bonds. The lowest BCUT2D eigenvalue weighted by Gasteiger charge is -2.37. The molecular formula is C16H32N4O. The van der Waals surface area contributed by atoms with Crippen molar-refractivity contribution < 1.29 is 4.79 Å². The van der Waals surface area contributed by atoms with Crippen LogP contribution in [0.5, 0.6) is 0 Å². The standard InChI is InChI=1S/C16H32N4O/c1-2-19-10-4-6-15(7-12-19)20-11-3-5-14(13-20)16(21)18-9-8-17/h14-15H,2-13,17H2,1H3,(H,18,21). The first-order valence-corrected chi connectivity index (χ1v) is 8.68. The van der Waals surface area contributed by atoms with Crippen LogP contribution in [-0.2, 0) is 4.79 Å². The Balaban J connectivity index is 1.84. The second-order valence-electron chi connectivity index (χ2n) is 6.43. The molecule has 122 valence electrons. The van der Waals surface area contributed by atoms with E-state index in [9.17, 15) is 4.79 Å². The molecule has 0 spiro atoms. The highest BCUT2D eigenvalue weighted by Crippen LogP contribution is 2.24. The van der Waals surface area contributed by atoms with Gasteiger partial charge in [-0.05, 0) is 58.3 Å². The fourth-order valence-electron chi connectivity index (χ4n) is 3.71. The monoisotopic (exact) mass is 296 g/mol. The van der Waals surface area contributed by atoms with Gasteiger partial charge in [0.15, 0.2) is 0 Å². The Bertz CT molecular complexity index is 323. The van der Waals surface area contributed by atoms with Crippen molar-refractivity contribution in [1.82, 2.24) is 15.1 Å². The van der Waals surface area contributed by atoms with E-state index >= 15 is 0 Å². The van der Waals surface area contributed by atoms with Crippen molar-refractivity contribution in [3.63, 3.8) is 0 Å². The van der Waals surface area contributed by atoms with Crippen molar-refractivity contribution in [2.24, 2.45) is 11.7 Å². The molecule has 0 radical (unpaired) electrons. The number of amides is 1. The molecule has 0 bridgehead atoms. The molecule has 0 saturated carbocycles. The van der Waals surface area contributed by atoms with E-state index in [1.165, 1.54) is 32.4 Å². The molecule has 5 heteroatoms. The van der Waals surface area contributed by atoms with Gasteiger partial charge in [-0.1, -0.05) is 6.92 Å². The van der Waals surface area contributed by atoms with Crippen molar-refractivity contribution in [2.45, 2.75) is 45.1 Å². The van der Waals surface area contributed by atoms with E-state index in [4.69, 9.17) is 5.73 Å². The minimum Gasteiger partial charge on any atom is -0.355 e. The molecule has 2 atom stereocenters. The molecule has 3 N–H and O–H groups in total. The fourth-order valence-corrected chi connectivity index (χ4v) is 3.71. The fraction of sp³-hybridized carbons (Fsp3) is 0.938. The zero-order valence-electron chi connectivity index (χ0n) is 13.5. The Morgan fingerprint density at radius 2 is 2.00 bits per heavy atom. The van der Waals surface area contributed by atoms with Crippen LogP contribution in [0.2, 0.25) is 0 Å². The molecule has 0 aromatic heterocycles. The number of hydrogen-bond donors (Lipinski definition) is 2. The van der Waals surface area contributed by atoms with Crippen LogP contribution in [0.15, 0.2) is 0 Å². The number of rotatable bonds is 5. The zero-order valence-corrected chi connectivity index (χ0v) is 13.5. The third-order valence-corrected chi connectivity index (χ3v) is 5.02. The summed E-state index contributed by atoms with van der Waals surface area (Å²) in [5.74, 6) is 0.366. The van der Waals surface area contributed by atoms with Crippen molar-refractivity contribution >= 4 is 5.91 Å². The van der Waals surface area contributed by atoms with Crippen LogP contribution >= 0.6 is 0 Å². The molecular weight excluding hydrogens is 264 g/mol. The number of nitrogens with one attached hydrogen (secondary N) is 1. The summed E-state index contributed by atoms with van der Waals surface area (Å²) in [7, 11) is 0. The summed E-state index contributed by atoms with van der Waals surface area (Å²) in [6, 6.07) is 0.673. The van der Waals surface area contributed by atoms with Crippen molar-refractivity contribution in [3.8, 4) is 0 Å². The lowest BCUT2D eigenvalue weighted by molar-refractivity contribution is -0.127. The number of nitrogens with two attached hydrogens (primary N) is 1. The van der Waals surface area contributed by atoms with Gasteiger partial charge in [0, 0.05) is 25.7 Å². The Morgan fingerprint density at radius 1 is 1.19 bits per heavy atom. The molecule has 2 aliphatic heterocycles. The first-order chi connectivity index (χ1) is 10.2. The molecule has 2 unspecified atom stereocenters. The Hall–Kier alpha value is -0.650. The third-order valence-electron chi connectivity index (χ3n) is 5.02. The van der Waals surface area contributed by atoms with Gasteiger partial charge in [-0.3, -0.25) is 9.69 Å². The first-order valence-electron chi connectivity index (χ1n) is 8.68. The van der Waals surface area contributed by atoms with Gasteiger partial charge in [-0.2, -0.15) is 0 Å². The second-order valence-corrected chi connectivity index (χ2v) is 6.43. The van der Waals surface area contributed by atoms with Gasteiger partial charge in [-0.15, -0.1) is 0 Å². The van der Waals surface area contributed by atoms with Crippen LogP contribution < -0.4 is 11.1 Å². The SMILES string of the molecule is CCN1CCCC(N2CCCC(C(=O)NCCN)C2)CC1. The van der Waals surface area contributed by atoms with Gasteiger partial charge in [0.05, 0.1) is 5.92 Å². The van der Waals surface area contributed by atoms with Gasteiger partial charge in [0.25, 0.3) is 0 Å². The minimum absolute atomic E-state index is 0.163. The highest BCUT2D eigenvalue weighted by atomic mass is 16.1. The van der Waals surface area contributed by atoms with Crippen LogP contribution in [0.4, 0.5) is 0 Å². The number of carbonyl (C=O) groups is 1. The van der Waals surface area contributed by atoms with Crippen LogP contribution in [0, 0.1) is 5.92 Å². The van der Waals surface area contributed by atoms with E-state index in [1.54, 1.807) is 0 Å². The van der Waals surface area contributed by atoms with E-state index in [-0.39, 0.29) is 11.8 Å². The minimum atomic E-state index is 0.163. The summed E-state index contributed by atoms with van der Waals surface area (Å²) in [5, 5.41) is 2.96. The molecule has 2 fully saturated rings. The highest BCUT2D eigenvalue weighted by Gasteiger charge is 2.30. The summed E-state index contributed by atoms with van der Waals surface area (Å²) in [4.78, 5) is 17.3. The smallest absolute Gasteiger partial charge is 0.224 e. The summed E-state index contributed by atoms with van der Waals surface area (Å²) < 4.78 is 0. The van der Waals surface area contributed by atoms with Crippen LogP contribution in [0.25, 0.3) is 0 Å². The molecule has 21 heavy (non-hydrogen) atoms. The van der Waals surface area contributed by atoms with E-state index < -0.39 is 0 Å². The predicted molar refractivity (Wildman–Crippen MR) is 86.1 cm³/mol. The number of piperidine rings is 1. The van der Waals surface area contributed by atoms with Crippen molar-refractivity contribution in [1.29, 1.82) is 0 Å². The average molecular weight is 296 g/mol. The van der Waals surface area contributed by atoms with Crippen LogP contribution in [-0.4, -0.2) is 67.6 Å². The third kappa shape index (κ3) is 4.94. The maximum atomic E-state index is 12.2. The number of likely N-dealkylation sites (tertiary alicyclic amines) is 2. The summed E-state index contributed by atoms with van der Waals surface area (Å²) in [6.45, 7) is 9.09. The van der Waals surface area contributed by atoms with Gasteiger partial charge < -0.3 is 16.0 Å². The largest absolute Gasteiger partial charge is 0.355 e. The summed E-state index contributed by atoms with van der Waals surface area (Å²) in [5.41, 5.74) is 5.46. The Labute approximate surface area is 129 Å². The molecule has 2 saturated heterocycles. The van der Waals surface area contributed by atoms with Gasteiger partial charge in [0.1, 0.15) is 0 Å². The first kappa shape index (κ1) is 16.7. The van der Waals surface area contributed by atoms with Gasteiger partial charge >= 0.3 is 0 Å². The molecule has 2 aliphatic rings. The summed E-state index contributed by atoms with van der Waals surface area (Å²) in [6.07, 6.45) is 6.01. The molecule has 0 aromatic rings. The average Bonchev–Trinajstić information content (AvgIpc) is 2.78. The lowest BCUT2D eigenvalue weighted by atomic mass is 9.94. The topological polar surface area (TPSA) is 61.6 Å². The number of hydrogen-bond acceptors (Lipinski definition) is 4. The maximum Gasteiger partial charge on any atom is 0.224 e. The summed E-state index contributed by atoms with van der Waals surface area (Å²) >= 11 is 0. The molecule has 0 aromatic carbocycles. The van der Waals surface area contributed by atoms with E-state index in [0.717, 1.165) is 32.5 Å². The normalized spacial score (nSPS) is 29.0. The molecule has 2 rings (SSSR count). The number of nitrogens with zero attached hydrogens (tertiary/aromatic N) is 2. The lowest BCUT2D eigenvalue weighted by Crippen LogP contribution is -2.48. The molecule has 0 aliphatic carbocycles. The van der Waals surface area contributed by atoms with Crippen molar-refractivity contribution in [3.05, 3.63) is 0 Å². The second kappa shape index (κ2) is 8.71. The Kier molecular flexibility index (Phi) is 6.93. The van der Waals surface area contributed by atoms with E-state index in [2.05, 4.69) is 22.0 Å². The Morgan fingerprint density at radius 3 is 2.76 bits per heavy atom. The molecule has 5 nitrogen and oxygen atoms in total. The van der Waals surface area contributed by atoms with E-state index in [1.807, 2.05) is 0 Å². The maximum absolute atomic E-state index is 12.2. The van der Waals surface area contributed by atoms with E-state index in [0.29, 0.717) is 19.1 Å². The quantitative estimate of drug-likeness (QED) is 0.782. The zero-order chi connectivity index (χ0) is 15.1. The van der Waals surface area contributed by atoms with Gasteiger partial charge in [-0.25, -0.2) is 0 Å². The predicted octanol–water partition coefficient (Wildman–Crippen LogP) is 0.648. The van der Waals surface area contributed by atoms with Gasteiger partial charge in [0.2, 0.25) is 5.91 Å². The highest BCUT2D eigenvalue weighted by molar-refractivity contribution is 5.78. The number of carbonyl (C=O) groups excluding carboxylic acids is 1.